The van der Waals surface area contributed by atoms with Crippen molar-refractivity contribution in [1.29, 1.82) is 0 Å². The summed E-state index contributed by atoms with van der Waals surface area (Å²) in [6.45, 7) is 0. The number of carboxylic acid groups (broad SMARTS) is 1. The number of carboxylic acids is 1. The lowest BCUT2D eigenvalue weighted by Gasteiger charge is -2.24. The maximum Gasteiger partial charge on any atom is 0.306 e. The van der Waals surface area contributed by atoms with Crippen molar-refractivity contribution in [2.75, 3.05) is 12.8 Å². The van der Waals surface area contributed by atoms with Gasteiger partial charge in [0.2, 0.25) is 0 Å². The minimum absolute atomic E-state index is 0.120. The summed E-state index contributed by atoms with van der Waals surface area (Å²) in [6.07, 6.45) is 4.19. The van der Waals surface area contributed by atoms with Crippen LogP contribution in [0.3, 0.4) is 0 Å². The third-order valence-electron chi connectivity index (χ3n) is 6.02. The molecule has 1 saturated carbocycles. The summed E-state index contributed by atoms with van der Waals surface area (Å²) in [5.74, 6) is 1.01. The van der Waals surface area contributed by atoms with Gasteiger partial charge < -0.3 is 20.6 Å². The standard InChI is InChI=1S/C21H22N6O3/c1-30-15-4-2-3-13-9-14(25-16(13)15)17-18-19(22)23-10-24-27(18)20(26-17)11-5-7-12(8-6-11)21(28)29/h2-4,9-12,25H,5-8H2,1H3,(H,28,29)(H2,22,23,24)/t11-,12+. The molecule has 0 radical (unpaired) electrons. The van der Waals surface area contributed by atoms with Gasteiger partial charge in [-0.2, -0.15) is 5.10 Å². The molecule has 1 aromatic carbocycles. The molecule has 0 unspecified atom stereocenters. The number of imidazole rings is 1. The van der Waals surface area contributed by atoms with Gasteiger partial charge in [-0.15, -0.1) is 0 Å². The Bertz CT molecular complexity index is 1250. The summed E-state index contributed by atoms with van der Waals surface area (Å²) in [5, 5.41) is 14.7. The molecule has 0 spiro atoms. The molecule has 0 aliphatic heterocycles. The van der Waals surface area contributed by atoms with E-state index in [2.05, 4.69) is 15.1 Å². The van der Waals surface area contributed by atoms with E-state index in [0.29, 0.717) is 29.9 Å². The number of rotatable bonds is 4. The number of ether oxygens (including phenoxy) is 1. The summed E-state index contributed by atoms with van der Waals surface area (Å²) in [5.41, 5.74) is 9.24. The minimum Gasteiger partial charge on any atom is -0.495 e. The molecule has 1 aliphatic rings. The number of para-hydroxylation sites is 1. The molecule has 0 amide bonds. The van der Waals surface area contributed by atoms with Crippen molar-refractivity contribution in [2.24, 2.45) is 5.92 Å². The number of methoxy groups -OCH3 is 1. The van der Waals surface area contributed by atoms with Crippen molar-refractivity contribution in [1.82, 2.24) is 24.6 Å². The van der Waals surface area contributed by atoms with E-state index in [1.807, 2.05) is 24.3 Å². The highest BCUT2D eigenvalue weighted by Crippen LogP contribution is 2.39. The average molecular weight is 406 g/mol. The smallest absolute Gasteiger partial charge is 0.306 e. The number of fused-ring (bicyclic) bond motifs is 2. The van der Waals surface area contributed by atoms with Crippen LogP contribution in [0.5, 0.6) is 5.75 Å². The molecular weight excluding hydrogens is 384 g/mol. The largest absolute Gasteiger partial charge is 0.495 e. The molecule has 9 heteroatoms. The lowest BCUT2D eigenvalue weighted by molar-refractivity contribution is -0.142. The van der Waals surface area contributed by atoms with Gasteiger partial charge in [-0.1, -0.05) is 12.1 Å². The van der Waals surface area contributed by atoms with Crippen LogP contribution in [-0.4, -0.2) is 42.8 Å². The summed E-state index contributed by atoms with van der Waals surface area (Å²) >= 11 is 0. The molecule has 5 rings (SSSR count). The number of carbonyl (C=O) groups is 1. The maximum atomic E-state index is 11.3. The van der Waals surface area contributed by atoms with Crippen LogP contribution in [0.15, 0.2) is 30.6 Å². The second kappa shape index (κ2) is 7.01. The molecule has 1 aliphatic carbocycles. The SMILES string of the molecule is COc1cccc2cc(-c3nc([C@H]4CC[C@@H](C(=O)O)CC4)n4ncnc(N)c34)[nH]c12. The van der Waals surface area contributed by atoms with Gasteiger partial charge in [-0.3, -0.25) is 4.79 Å². The van der Waals surface area contributed by atoms with E-state index in [-0.39, 0.29) is 11.8 Å². The molecule has 154 valence electrons. The molecule has 30 heavy (non-hydrogen) atoms. The lowest BCUT2D eigenvalue weighted by Crippen LogP contribution is -2.21. The normalized spacial score (nSPS) is 19.4. The number of nitrogens with two attached hydrogens (primary N) is 1. The Morgan fingerprint density at radius 1 is 1.30 bits per heavy atom. The van der Waals surface area contributed by atoms with Crippen molar-refractivity contribution >= 4 is 28.2 Å². The molecule has 0 bridgehead atoms. The molecular formula is C21H22N6O3. The van der Waals surface area contributed by atoms with Crippen LogP contribution in [0.25, 0.3) is 27.8 Å². The van der Waals surface area contributed by atoms with Crippen LogP contribution >= 0.6 is 0 Å². The first kappa shape index (κ1) is 18.4. The Morgan fingerprint density at radius 3 is 2.83 bits per heavy atom. The van der Waals surface area contributed by atoms with Gasteiger partial charge in [0.25, 0.3) is 0 Å². The number of nitrogens with one attached hydrogen (secondary N) is 1. The van der Waals surface area contributed by atoms with Gasteiger partial charge in [0.15, 0.2) is 5.82 Å². The van der Waals surface area contributed by atoms with Gasteiger partial charge in [-0.25, -0.2) is 14.5 Å². The Labute approximate surface area is 171 Å². The van der Waals surface area contributed by atoms with Crippen molar-refractivity contribution in [2.45, 2.75) is 31.6 Å². The summed E-state index contributed by atoms with van der Waals surface area (Å²) in [7, 11) is 1.64. The number of nitrogens with zero attached hydrogens (tertiary/aromatic N) is 4. The van der Waals surface area contributed by atoms with Crippen LogP contribution in [0.4, 0.5) is 5.82 Å². The summed E-state index contributed by atoms with van der Waals surface area (Å²) < 4.78 is 7.22. The van der Waals surface area contributed by atoms with Crippen LogP contribution in [-0.2, 0) is 4.79 Å². The Balaban J connectivity index is 1.63. The average Bonchev–Trinajstić information content (AvgIpc) is 3.36. The molecule has 9 nitrogen and oxygen atoms in total. The highest BCUT2D eigenvalue weighted by atomic mass is 16.5. The van der Waals surface area contributed by atoms with E-state index in [1.54, 1.807) is 11.6 Å². The van der Waals surface area contributed by atoms with Crippen molar-refractivity contribution in [3.05, 3.63) is 36.4 Å². The minimum atomic E-state index is -0.722. The Morgan fingerprint density at radius 2 is 2.10 bits per heavy atom. The van der Waals surface area contributed by atoms with Crippen LogP contribution in [0.1, 0.15) is 37.4 Å². The maximum absolute atomic E-state index is 11.3. The van der Waals surface area contributed by atoms with Gasteiger partial charge in [0.1, 0.15) is 29.1 Å². The molecule has 0 saturated heterocycles. The van der Waals surface area contributed by atoms with Crippen LogP contribution in [0, 0.1) is 5.92 Å². The predicted octanol–water partition coefficient (Wildman–Crippen LogP) is 3.22. The second-order valence-electron chi connectivity index (χ2n) is 7.72. The fourth-order valence-electron chi connectivity index (χ4n) is 4.45. The van der Waals surface area contributed by atoms with E-state index in [0.717, 1.165) is 41.0 Å². The van der Waals surface area contributed by atoms with Crippen LogP contribution < -0.4 is 10.5 Å². The molecule has 3 heterocycles. The Hall–Kier alpha value is -3.62. The zero-order chi connectivity index (χ0) is 20.8. The van der Waals surface area contributed by atoms with E-state index in [9.17, 15) is 9.90 Å². The predicted molar refractivity (Wildman–Crippen MR) is 111 cm³/mol. The lowest BCUT2D eigenvalue weighted by atomic mass is 9.82. The van der Waals surface area contributed by atoms with E-state index in [1.165, 1.54) is 6.33 Å². The monoisotopic (exact) mass is 406 g/mol. The molecule has 0 atom stereocenters. The van der Waals surface area contributed by atoms with Crippen molar-refractivity contribution < 1.29 is 14.6 Å². The quantitative estimate of drug-likeness (QED) is 0.474. The fourth-order valence-corrected chi connectivity index (χ4v) is 4.45. The first-order chi connectivity index (χ1) is 14.6. The van der Waals surface area contributed by atoms with Gasteiger partial charge in [-0.05, 0) is 37.8 Å². The van der Waals surface area contributed by atoms with Crippen molar-refractivity contribution in [3.63, 3.8) is 0 Å². The van der Waals surface area contributed by atoms with Crippen molar-refractivity contribution in [3.8, 4) is 17.1 Å². The van der Waals surface area contributed by atoms with Gasteiger partial charge in [0, 0.05) is 11.3 Å². The number of benzene rings is 1. The number of H-pyrrole nitrogens is 1. The molecule has 4 aromatic rings. The Kier molecular flexibility index (Phi) is 4.30. The zero-order valence-corrected chi connectivity index (χ0v) is 16.5. The third kappa shape index (κ3) is 2.85. The third-order valence-corrected chi connectivity index (χ3v) is 6.02. The number of aliphatic carboxylic acids is 1. The van der Waals surface area contributed by atoms with E-state index in [4.69, 9.17) is 15.5 Å². The van der Waals surface area contributed by atoms with E-state index < -0.39 is 5.97 Å². The fraction of sp³-hybridized carbons (Fsp3) is 0.333. The number of anilines is 1. The molecule has 4 N–H and O–H groups in total. The van der Waals surface area contributed by atoms with Gasteiger partial charge >= 0.3 is 5.97 Å². The van der Waals surface area contributed by atoms with Crippen LogP contribution in [0.2, 0.25) is 0 Å². The zero-order valence-electron chi connectivity index (χ0n) is 16.5. The highest BCUT2D eigenvalue weighted by Gasteiger charge is 2.31. The highest BCUT2D eigenvalue weighted by molar-refractivity contribution is 5.93. The first-order valence-corrected chi connectivity index (χ1v) is 9.94. The molecule has 3 aromatic heterocycles. The van der Waals surface area contributed by atoms with E-state index >= 15 is 0 Å². The number of nitrogen functional groups attached to an aromatic ring is 1. The molecule has 1 fully saturated rings. The number of aromatic nitrogens is 5. The topological polar surface area (TPSA) is 131 Å². The number of hydrogen-bond acceptors (Lipinski definition) is 6. The second-order valence-corrected chi connectivity index (χ2v) is 7.72. The van der Waals surface area contributed by atoms with Gasteiger partial charge in [0.05, 0.1) is 24.2 Å². The summed E-state index contributed by atoms with van der Waals surface area (Å²) in [4.78, 5) is 23.8. The first-order valence-electron chi connectivity index (χ1n) is 9.94. The number of aromatic amines is 1. The number of hydrogen-bond donors (Lipinski definition) is 3. The summed E-state index contributed by atoms with van der Waals surface area (Å²) in [6, 6.07) is 7.85.